The second-order valence-electron chi connectivity index (χ2n) is 15.5. The van der Waals surface area contributed by atoms with Gasteiger partial charge in [-0.2, -0.15) is 0 Å². The predicted octanol–water partition coefficient (Wildman–Crippen LogP) is 4.56. The first kappa shape index (κ1) is 44.2. The van der Waals surface area contributed by atoms with E-state index in [2.05, 4.69) is 13.2 Å². The zero-order chi connectivity index (χ0) is 42.6. The average molecular weight is 813 g/mol. The third-order valence-electron chi connectivity index (χ3n) is 8.96. The van der Waals surface area contributed by atoms with Crippen LogP contribution in [0.1, 0.15) is 52.7 Å². The summed E-state index contributed by atoms with van der Waals surface area (Å²) in [5.41, 5.74) is -2.33. The van der Waals surface area contributed by atoms with Crippen molar-refractivity contribution in [3.8, 4) is 0 Å². The second-order valence-corrected chi connectivity index (χ2v) is 16.5. The Morgan fingerprint density at radius 3 is 1.35 bits per heavy atom. The minimum Gasteiger partial charge on any atom is -0.444 e. The van der Waals surface area contributed by atoms with Crippen LogP contribution in [0.2, 0.25) is 0 Å². The maximum atomic E-state index is 13.5. The summed E-state index contributed by atoms with van der Waals surface area (Å²) in [5, 5.41) is 44.5. The topological polar surface area (TPSA) is 226 Å². The van der Waals surface area contributed by atoms with Gasteiger partial charge in [0, 0.05) is 62.5 Å². The zero-order valence-electron chi connectivity index (χ0n) is 32.8. The number of hydrogen-bond acceptors (Lipinski definition) is 13. The van der Waals surface area contributed by atoms with E-state index in [0.29, 0.717) is 0 Å². The lowest BCUT2D eigenvalue weighted by atomic mass is 10.0. The third kappa shape index (κ3) is 10.9. The molecule has 2 aliphatic rings. The highest BCUT2D eigenvalue weighted by atomic mass is 32.2. The molecule has 2 atom stereocenters. The summed E-state index contributed by atoms with van der Waals surface area (Å²) in [6.45, 7) is 17.4. The minimum atomic E-state index is -0.766. The van der Waals surface area contributed by atoms with Gasteiger partial charge >= 0.3 is 12.2 Å². The van der Waals surface area contributed by atoms with Crippen LogP contribution in [0.3, 0.4) is 0 Å². The van der Waals surface area contributed by atoms with Crippen molar-refractivity contribution in [2.75, 3.05) is 52.5 Å². The van der Waals surface area contributed by atoms with Gasteiger partial charge in [-0.25, -0.2) is 9.59 Å². The summed E-state index contributed by atoms with van der Waals surface area (Å²) < 4.78 is 10.8. The maximum absolute atomic E-state index is 13.5. The molecule has 2 aromatic carbocycles. The lowest BCUT2D eigenvalue weighted by molar-refractivity contribution is -0.388. The first-order valence-electron chi connectivity index (χ1n) is 18.0. The Morgan fingerprint density at radius 2 is 1.05 bits per heavy atom. The van der Waals surface area contributed by atoms with Crippen molar-refractivity contribution in [2.24, 2.45) is 0 Å². The highest BCUT2D eigenvalue weighted by molar-refractivity contribution is 7.99. The molecular weight excluding hydrogens is 765 g/mol. The van der Waals surface area contributed by atoms with Gasteiger partial charge in [-0.05, 0) is 64.8 Å². The summed E-state index contributed by atoms with van der Waals surface area (Å²) in [7, 11) is 0. The monoisotopic (exact) mass is 812 g/mol. The first-order valence-corrected chi connectivity index (χ1v) is 18.8. The number of piperazine rings is 2. The second kappa shape index (κ2) is 17.7. The summed E-state index contributed by atoms with van der Waals surface area (Å²) in [4.78, 5) is 81.0. The SMILES string of the molecule is C=C(C(=O)N1CCN(C(=O)OC(C)(C)C)C(CO)C1)c1ccc(Sc2ccc(C(=C)C(=O)N3CCN(C(=O)OC(C)(C)C)C(CO)C3)cc2[N+](=O)[O-])c([N+](=O)[O-])c1. The molecule has 0 radical (unpaired) electrons. The van der Waals surface area contributed by atoms with Crippen LogP contribution in [-0.4, -0.2) is 139 Å². The molecule has 0 spiro atoms. The van der Waals surface area contributed by atoms with Crippen LogP contribution in [0.4, 0.5) is 21.0 Å². The summed E-state index contributed by atoms with van der Waals surface area (Å²) in [6.07, 6.45) is -1.26. The molecule has 2 saturated heterocycles. The lowest BCUT2D eigenvalue weighted by Gasteiger charge is -2.41. The number of aliphatic hydroxyl groups excluding tert-OH is 2. The number of hydrogen-bond donors (Lipinski definition) is 2. The maximum Gasteiger partial charge on any atom is 0.410 e. The molecule has 2 N–H and O–H groups in total. The molecule has 4 amide bonds. The number of aliphatic hydroxyl groups is 2. The van der Waals surface area contributed by atoms with Crippen LogP contribution in [0, 0.1) is 20.2 Å². The molecule has 57 heavy (non-hydrogen) atoms. The van der Waals surface area contributed by atoms with E-state index < -0.39 is 81.7 Å². The van der Waals surface area contributed by atoms with E-state index in [1.54, 1.807) is 41.5 Å². The Morgan fingerprint density at radius 1 is 0.702 bits per heavy atom. The standard InChI is InChI=1S/C38H48N6O12S/c1-23(33(47)39-13-15-41(27(19-39)21-45)35(49)55-37(3,4)5)25-9-11-31(29(17-25)43(51)52)57-32-12-10-26(18-30(32)44(53)54)24(2)34(48)40-14-16-42(28(20-40)22-46)36(50)56-38(6,7)8/h9-12,17-18,27-28,45-46H,1-2,13-16,19-22H2,3-8H3. The van der Waals surface area contributed by atoms with Crippen LogP contribution in [0.25, 0.3) is 11.1 Å². The fraction of sp³-hybridized carbons (Fsp3) is 0.474. The number of nitro groups is 2. The van der Waals surface area contributed by atoms with Crippen LogP contribution in [-0.2, 0) is 19.1 Å². The molecule has 19 heteroatoms. The van der Waals surface area contributed by atoms with E-state index in [-0.39, 0.29) is 71.3 Å². The van der Waals surface area contributed by atoms with Gasteiger partial charge in [0.15, 0.2) is 0 Å². The van der Waals surface area contributed by atoms with E-state index in [9.17, 15) is 49.6 Å². The molecule has 18 nitrogen and oxygen atoms in total. The third-order valence-corrected chi connectivity index (χ3v) is 10.1. The first-order chi connectivity index (χ1) is 26.5. The highest BCUT2D eigenvalue weighted by Crippen LogP contribution is 2.41. The van der Waals surface area contributed by atoms with Gasteiger partial charge in [0.1, 0.15) is 11.2 Å². The van der Waals surface area contributed by atoms with Crippen molar-refractivity contribution in [1.82, 2.24) is 19.6 Å². The van der Waals surface area contributed by atoms with Gasteiger partial charge in [-0.3, -0.25) is 39.6 Å². The molecular formula is C38H48N6O12S. The molecule has 2 aromatic rings. The number of nitrogens with zero attached hydrogens (tertiary/aromatic N) is 6. The molecule has 0 saturated carbocycles. The van der Waals surface area contributed by atoms with Crippen molar-refractivity contribution in [1.29, 1.82) is 0 Å². The molecule has 2 fully saturated rings. The highest BCUT2D eigenvalue weighted by Gasteiger charge is 2.37. The number of nitro benzene ring substituents is 2. The van der Waals surface area contributed by atoms with Crippen molar-refractivity contribution < 1.29 is 48.7 Å². The van der Waals surface area contributed by atoms with Gasteiger partial charge < -0.3 is 29.5 Å². The Bertz CT molecular complexity index is 1820. The number of carbonyl (C=O) groups excluding carboxylic acids is 4. The van der Waals surface area contributed by atoms with Gasteiger partial charge in [-0.15, -0.1) is 0 Å². The van der Waals surface area contributed by atoms with Gasteiger partial charge in [-0.1, -0.05) is 37.1 Å². The fourth-order valence-corrected chi connectivity index (χ4v) is 7.11. The number of amides is 4. The molecule has 0 bridgehead atoms. The summed E-state index contributed by atoms with van der Waals surface area (Å²) in [5.74, 6) is -1.13. The normalized spacial score (nSPS) is 17.5. The van der Waals surface area contributed by atoms with Crippen molar-refractivity contribution in [3.05, 3.63) is 80.9 Å². The number of ether oxygens (including phenoxy) is 2. The summed E-state index contributed by atoms with van der Waals surface area (Å²) >= 11 is 0.744. The molecule has 0 aromatic heterocycles. The van der Waals surface area contributed by atoms with Crippen LogP contribution < -0.4 is 0 Å². The van der Waals surface area contributed by atoms with E-state index in [1.165, 1.54) is 43.9 Å². The largest absolute Gasteiger partial charge is 0.444 e. The Kier molecular flexibility index (Phi) is 13.7. The Labute approximate surface area is 334 Å². The molecule has 2 aliphatic heterocycles. The Balaban J connectivity index is 1.49. The van der Waals surface area contributed by atoms with Crippen molar-refractivity contribution in [2.45, 2.75) is 74.6 Å². The smallest absolute Gasteiger partial charge is 0.410 e. The van der Waals surface area contributed by atoms with Crippen LogP contribution >= 0.6 is 11.8 Å². The van der Waals surface area contributed by atoms with Crippen LogP contribution in [0.15, 0.2) is 59.3 Å². The zero-order valence-corrected chi connectivity index (χ0v) is 33.6. The van der Waals surface area contributed by atoms with Crippen molar-refractivity contribution >= 4 is 58.3 Å². The minimum absolute atomic E-state index is 0.0268. The molecule has 0 aliphatic carbocycles. The summed E-state index contributed by atoms with van der Waals surface area (Å²) in [6, 6.07) is 6.34. The van der Waals surface area contributed by atoms with E-state index >= 15 is 0 Å². The molecule has 4 rings (SSSR count). The van der Waals surface area contributed by atoms with E-state index in [0.717, 1.165) is 23.9 Å². The fourth-order valence-electron chi connectivity index (χ4n) is 6.13. The Hall–Kier alpha value is -5.53. The number of benzene rings is 2. The quantitative estimate of drug-likeness (QED) is 0.191. The van der Waals surface area contributed by atoms with Gasteiger partial charge in [0.25, 0.3) is 23.2 Å². The predicted molar refractivity (Wildman–Crippen MR) is 209 cm³/mol. The lowest BCUT2D eigenvalue weighted by Crippen LogP contribution is -2.58. The molecule has 308 valence electrons. The van der Waals surface area contributed by atoms with Gasteiger partial charge in [0.05, 0.1) is 44.9 Å². The molecule has 2 unspecified atom stereocenters. The van der Waals surface area contributed by atoms with Gasteiger partial charge in [0.2, 0.25) is 0 Å². The van der Waals surface area contributed by atoms with E-state index in [4.69, 9.17) is 9.47 Å². The van der Waals surface area contributed by atoms with Crippen LogP contribution in [0.5, 0.6) is 0 Å². The average Bonchev–Trinajstić information content (AvgIpc) is 3.14. The molecule has 2 heterocycles. The van der Waals surface area contributed by atoms with Crippen molar-refractivity contribution in [3.63, 3.8) is 0 Å². The number of rotatable bonds is 10. The number of carbonyl (C=O) groups is 4. The van der Waals surface area contributed by atoms with E-state index in [1.807, 2.05) is 0 Å².